The van der Waals surface area contributed by atoms with Crippen LogP contribution in [0.4, 0.5) is 0 Å². The third kappa shape index (κ3) is 3.16. The van der Waals surface area contributed by atoms with Crippen LogP contribution in [0.15, 0.2) is 42.5 Å². The van der Waals surface area contributed by atoms with E-state index < -0.39 is 6.10 Å². The summed E-state index contributed by atoms with van der Waals surface area (Å²) in [5.74, 6) is 0. The average Bonchev–Trinajstić information content (AvgIpc) is 2.38. The fraction of sp³-hybridized carbons (Fsp3) is 0.429. The molecule has 1 aliphatic carbocycles. The molecule has 0 bridgehead atoms. The monoisotopic (exact) mass is 234 g/mol. The Morgan fingerprint density at radius 3 is 2.76 bits per heavy atom. The lowest BCUT2D eigenvalue weighted by molar-refractivity contribution is -0.108. The molecule has 17 heavy (non-hydrogen) atoms. The van der Waals surface area contributed by atoms with E-state index in [-0.39, 0.29) is 12.2 Å². The Morgan fingerprint density at radius 2 is 2.06 bits per heavy atom. The Hall–Kier alpha value is -1.16. The maximum Gasteiger partial charge on any atom is 0.114 e. The molecule has 3 atom stereocenters. The Kier molecular flexibility index (Phi) is 4.31. The van der Waals surface area contributed by atoms with Gasteiger partial charge in [-0.15, -0.1) is 0 Å². The first-order valence-corrected chi connectivity index (χ1v) is 5.84. The molecule has 0 saturated heterocycles. The SMILES string of the molecule is CO[C@@H]1CC=C[C@H](O)[C@H]1OCc1ccccc1. The number of aliphatic hydroxyl groups is 1. The van der Waals surface area contributed by atoms with Crippen LogP contribution < -0.4 is 0 Å². The highest BCUT2D eigenvalue weighted by atomic mass is 16.5. The molecule has 1 aliphatic rings. The molecule has 1 aromatic carbocycles. The van der Waals surface area contributed by atoms with E-state index in [2.05, 4.69) is 0 Å². The molecule has 3 nitrogen and oxygen atoms in total. The normalized spacial score (nSPS) is 28.2. The molecular formula is C14H18O3. The number of hydrogen-bond acceptors (Lipinski definition) is 3. The van der Waals surface area contributed by atoms with E-state index >= 15 is 0 Å². The molecule has 1 aromatic rings. The summed E-state index contributed by atoms with van der Waals surface area (Å²) in [5, 5.41) is 9.86. The molecule has 0 radical (unpaired) electrons. The fourth-order valence-corrected chi connectivity index (χ4v) is 2.02. The molecule has 0 heterocycles. The van der Waals surface area contributed by atoms with Gasteiger partial charge in [0.25, 0.3) is 0 Å². The van der Waals surface area contributed by atoms with Crippen molar-refractivity contribution in [2.45, 2.75) is 31.3 Å². The molecule has 0 fully saturated rings. The van der Waals surface area contributed by atoms with Gasteiger partial charge in [-0.2, -0.15) is 0 Å². The summed E-state index contributed by atoms with van der Waals surface area (Å²) in [4.78, 5) is 0. The van der Waals surface area contributed by atoms with Crippen LogP contribution >= 0.6 is 0 Å². The molecule has 0 unspecified atom stereocenters. The largest absolute Gasteiger partial charge is 0.386 e. The summed E-state index contributed by atoms with van der Waals surface area (Å²) in [7, 11) is 1.65. The molecule has 0 saturated carbocycles. The third-order valence-corrected chi connectivity index (χ3v) is 2.99. The van der Waals surface area contributed by atoms with Crippen molar-refractivity contribution >= 4 is 0 Å². The average molecular weight is 234 g/mol. The maximum atomic E-state index is 9.86. The van der Waals surface area contributed by atoms with Crippen LogP contribution in [0.3, 0.4) is 0 Å². The number of hydrogen-bond donors (Lipinski definition) is 1. The van der Waals surface area contributed by atoms with Gasteiger partial charge in [0.15, 0.2) is 0 Å². The van der Waals surface area contributed by atoms with E-state index in [1.165, 1.54) is 0 Å². The first-order chi connectivity index (χ1) is 8.31. The topological polar surface area (TPSA) is 38.7 Å². The van der Waals surface area contributed by atoms with Gasteiger partial charge in [-0.3, -0.25) is 0 Å². The minimum absolute atomic E-state index is 0.0706. The van der Waals surface area contributed by atoms with E-state index in [9.17, 15) is 5.11 Å². The Bertz CT molecular complexity index is 361. The van der Waals surface area contributed by atoms with Gasteiger partial charge in [0.2, 0.25) is 0 Å². The smallest absolute Gasteiger partial charge is 0.114 e. The second-order valence-corrected chi connectivity index (χ2v) is 4.19. The van der Waals surface area contributed by atoms with Gasteiger partial charge in [-0.25, -0.2) is 0 Å². The van der Waals surface area contributed by atoms with Gasteiger partial charge in [0.05, 0.1) is 12.7 Å². The van der Waals surface area contributed by atoms with Gasteiger partial charge in [-0.1, -0.05) is 42.5 Å². The molecule has 0 amide bonds. The predicted octanol–water partition coefficient (Wildman–Crippen LogP) is 1.91. The van der Waals surface area contributed by atoms with Crippen LogP contribution in [0, 0.1) is 0 Å². The predicted molar refractivity (Wildman–Crippen MR) is 65.6 cm³/mol. The highest BCUT2D eigenvalue weighted by Crippen LogP contribution is 2.20. The Labute approximate surface area is 102 Å². The van der Waals surface area contributed by atoms with Crippen LogP contribution in [0.2, 0.25) is 0 Å². The zero-order valence-electron chi connectivity index (χ0n) is 9.95. The standard InChI is InChI=1S/C14H18O3/c1-16-13-9-5-8-12(15)14(13)17-10-11-6-3-2-4-7-11/h2-8,12-15H,9-10H2,1H3/t12-,13+,14+/m0/s1. The molecule has 2 rings (SSSR count). The van der Waals surface area contributed by atoms with Crippen LogP contribution in [0.25, 0.3) is 0 Å². The quantitative estimate of drug-likeness (QED) is 0.809. The van der Waals surface area contributed by atoms with Crippen molar-refractivity contribution in [1.82, 2.24) is 0 Å². The van der Waals surface area contributed by atoms with E-state index in [0.29, 0.717) is 6.61 Å². The van der Waals surface area contributed by atoms with Crippen molar-refractivity contribution < 1.29 is 14.6 Å². The first-order valence-electron chi connectivity index (χ1n) is 5.84. The second kappa shape index (κ2) is 5.96. The maximum absolute atomic E-state index is 9.86. The number of benzene rings is 1. The summed E-state index contributed by atoms with van der Waals surface area (Å²) in [6.45, 7) is 0.496. The van der Waals surface area contributed by atoms with Crippen molar-refractivity contribution in [1.29, 1.82) is 0 Å². The van der Waals surface area contributed by atoms with Gasteiger partial charge >= 0.3 is 0 Å². The lowest BCUT2D eigenvalue weighted by Crippen LogP contribution is -2.41. The molecule has 0 aromatic heterocycles. The highest BCUT2D eigenvalue weighted by molar-refractivity contribution is 5.13. The van der Waals surface area contributed by atoms with Crippen molar-refractivity contribution in [3.8, 4) is 0 Å². The lowest BCUT2D eigenvalue weighted by Gasteiger charge is -2.31. The van der Waals surface area contributed by atoms with Crippen LogP contribution in [-0.2, 0) is 16.1 Å². The number of aliphatic hydroxyl groups excluding tert-OH is 1. The van der Waals surface area contributed by atoms with E-state index in [1.54, 1.807) is 13.2 Å². The zero-order valence-corrected chi connectivity index (χ0v) is 9.95. The fourth-order valence-electron chi connectivity index (χ4n) is 2.02. The van der Waals surface area contributed by atoms with Gasteiger partial charge in [-0.05, 0) is 12.0 Å². The molecular weight excluding hydrogens is 216 g/mol. The van der Waals surface area contributed by atoms with Crippen molar-refractivity contribution in [2.75, 3.05) is 7.11 Å². The van der Waals surface area contributed by atoms with Gasteiger partial charge < -0.3 is 14.6 Å². The van der Waals surface area contributed by atoms with Gasteiger partial charge in [0.1, 0.15) is 12.2 Å². The summed E-state index contributed by atoms with van der Waals surface area (Å²) in [6.07, 6.45) is 3.54. The molecule has 3 heteroatoms. The summed E-state index contributed by atoms with van der Waals surface area (Å²) >= 11 is 0. The number of methoxy groups -OCH3 is 1. The molecule has 1 N–H and O–H groups in total. The van der Waals surface area contributed by atoms with Gasteiger partial charge in [0, 0.05) is 7.11 Å². The van der Waals surface area contributed by atoms with Crippen LogP contribution in [0.5, 0.6) is 0 Å². The van der Waals surface area contributed by atoms with Crippen molar-refractivity contribution in [2.24, 2.45) is 0 Å². The number of rotatable bonds is 4. The van der Waals surface area contributed by atoms with Crippen molar-refractivity contribution in [3.05, 3.63) is 48.0 Å². The third-order valence-electron chi connectivity index (χ3n) is 2.99. The molecule has 0 aliphatic heterocycles. The summed E-state index contributed by atoms with van der Waals surface area (Å²) in [6, 6.07) is 9.94. The minimum atomic E-state index is -0.586. The Morgan fingerprint density at radius 1 is 1.29 bits per heavy atom. The molecule has 92 valence electrons. The second-order valence-electron chi connectivity index (χ2n) is 4.19. The number of ether oxygens (including phenoxy) is 2. The highest BCUT2D eigenvalue weighted by Gasteiger charge is 2.30. The first kappa shape index (κ1) is 12.3. The van der Waals surface area contributed by atoms with Crippen molar-refractivity contribution in [3.63, 3.8) is 0 Å². The van der Waals surface area contributed by atoms with Crippen LogP contribution in [-0.4, -0.2) is 30.5 Å². The summed E-state index contributed by atoms with van der Waals surface area (Å²) < 4.78 is 11.1. The Balaban J connectivity index is 1.95. The minimum Gasteiger partial charge on any atom is -0.386 e. The summed E-state index contributed by atoms with van der Waals surface area (Å²) in [5.41, 5.74) is 1.10. The van der Waals surface area contributed by atoms with E-state index in [4.69, 9.17) is 9.47 Å². The van der Waals surface area contributed by atoms with Crippen LogP contribution in [0.1, 0.15) is 12.0 Å². The van der Waals surface area contributed by atoms with E-state index in [0.717, 1.165) is 12.0 Å². The molecule has 0 spiro atoms. The zero-order chi connectivity index (χ0) is 12.1. The lowest BCUT2D eigenvalue weighted by atomic mass is 9.98. The van der Waals surface area contributed by atoms with E-state index in [1.807, 2.05) is 36.4 Å².